The smallest absolute Gasteiger partial charge is 0.245 e. The molecule has 1 aliphatic carbocycles. The normalized spacial score (nSPS) is 16.0. The van der Waals surface area contributed by atoms with Gasteiger partial charge in [0.25, 0.3) is 0 Å². The molecule has 1 aromatic heterocycles. The van der Waals surface area contributed by atoms with E-state index in [1.54, 1.807) is 11.3 Å². The van der Waals surface area contributed by atoms with Gasteiger partial charge < -0.3 is 10.6 Å². The molecule has 27 heavy (non-hydrogen) atoms. The van der Waals surface area contributed by atoms with E-state index in [1.807, 2.05) is 19.9 Å². The highest BCUT2D eigenvalue weighted by Crippen LogP contribution is 2.29. The predicted octanol–water partition coefficient (Wildman–Crippen LogP) is 4.06. The lowest BCUT2D eigenvalue weighted by Gasteiger charge is -2.36. The summed E-state index contributed by atoms with van der Waals surface area (Å²) in [6.07, 6.45) is 6.57. The lowest BCUT2D eigenvalue weighted by Crippen LogP contribution is -2.59. The highest BCUT2D eigenvalue weighted by atomic mass is 32.1. The molecular formula is C21H32N2O3S. The van der Waals surface area contributed by atoms with E-state index in [0.29, 0.717) is 19.4 Å². The van der Waals surface area contributed by atoms with E-state index in [0.717, 1.165) is 47.4 Å². The van der Waals surface area contributed by atoms with Crippen molar-refractivity contribution in [2.45, 2.75) is 84.1 Å². The van der Waals surface area contributed by atoms with Gasteiger partial charge in [-0.3, -0.25) is 14.4 Å². The van der Waals surface area contributed by atoms with Crippen molar-refractivity contribution in [2.24, 2.45) is 0 Å². The topological polar surface area (TPSA) is 75.3 Å². The minimum Gasteiger partial charge on any atom is -0.354 e. The second-order valence-electron chi connectivity index (χ2n) is 7.55. The van der Waals surface area contributed by atoms with Crippen LogP contribution in [0.4, 0.5) is 0 Å². The zero-order valence-electron chi connectivity index (χ0n) is 16.8. The standard InChI is InChI=1S/C21H32N2O3S/c1-4-5-13-22-20(26)21(11-7-6-8-12-21)23-19(25)10-9-18(24)17-14-15(2)27-16(17)3/h14H,4-13H2,1-3H3,(H,22,26)(H,23,25). The molecule has 2 N–H and O–H groups in total. The zero-order valence-corrected chi connectivity index (χ0v) is 17.6. The van der Waals surface area contributed by atoms with Crippen LogP contribution in [0.5, 0.6) is 0 Å². The maximum Gasteiger partial charge on any atom is 0.245 e. The number of carbonyl (C=O) groups excluding carboxylic acids is 3. The highest BCUT2D eigenvalue weighted by Gasteiger charge is 2.40. The third kappa shape index (κ3) is 5.89. The van der Waals surface area contributed by atoms with Crippen LogP contribution in [0.15, 0.2) is 6.07 Å². The number of carbonyl (C=O) groups is 3. The first-order chi connectivity index (χ1) is 12.9. The summed E-state index contributed by atoms with van der Waals surface area (Å²) in [5, 5.41) is 5.97. The van der Waals surface area contributed by atoms with Gasteiger partial charge >= 0.3 is 0 Å². The first kappa shape index (κ1) is 21.6. The minimum atomic E-state index is -0.805. The monoisotopic (exact) mass is 392 g/mol. The van der Waals surface area contributed by atoms with Crippen molar-refractivity contribution < 1.29 is 14.4 Å². The van der Waals surface area contributed by atoms with E-state index in [9.17, 15) is 14.4 Å². The summed E-state index contributed by atoms with van der Waals surface area (Å²) in [5.41, 5.74) is -0.0870. The van der Waals surface area contributed by atoms with Gasteiger partial charge in [-0.15, -0.1) is 11.3 Å². The molecule has 1 heterocycles. The van der Waals surface area contributed by atoms with E-state index >= 15 is 0 Å². The van der Waals surface area contributed by atoms with Gasteiger partial charge in [0, 0.05) is 34.7 Å². The fourth-order valence-corrected chi connectivity index (χ4v) is 4.65. The first-order valence-electron chi connectivity index (χ1n) is 10.1. The summed E-state index contributed by atoms with van der Waals surface area (Å²) in [6, 6.07) is 1.89. The number of hydrogen-bond donors (Lipinski definition) is 2. The number of thiophene rings is 1. The summed E-state index contributed by atoms with van der Waals surface area (Å²) in [4.78, 5) is 39.8. The van der Waals surface area contributed by atoms with Crippen molar-refractivity contribution in [1.82, 2.24) is 10.6 Å². The average molecular weight is 393 g/mol. The van der Waals surface area contributed by atoms with E-state index in [1.165, 1.54) is 0 Å². The van der Waals surface area contributed by atoms with Crippen LogP contribution in [0.2, 0.25) is 0 Å². The summed E-state index contributed by atoms with van der Waals surface area (Å²) in [6.45, 7) is 6.63. The van der Waals surface area contributed by atoms with Crippen molar-refractivity contribution in [3.63, 3.8) is 0 Å². The molecule has 2 rings (SSSR count). The lowest BCUT2D eigenvalue weighted by molar-refractivity contribution is -0.135. The highest BCUT2D eigenvalue weighted by molar-refractivity contribution is 7.12. The molecule has 0 spiro atoms. The van der Waals surface area contributed by atoms with Crippen LogP contribution < -0.4 is 10.6 Å². The molecule has 0 bridgehead atoms. The summed E-state index contributed by atoms with van der Waals surface area (Å²) < 4.78 is 0. The van der Waals surface area contributed by atoms with Crippen molar-refractivity contribution >= 4 is 28.9 Å². The molecule has 1 saturated carbocycles. The Morgan fingerprint density at radius 2 is 1.81 bits per heavy atom. The molecule has 1 aliphatic rings. The average Bonchev–Trinajstić information content (AvgIpc) is 2.99. The minimum absolute atomic E-state index is 0.00269. The van der Waals surface area contributed by atoms with Gasteiger partial charge in [0.1, 0.15) is 5.54 Å². The Bertz CT molecular complexity index is 675. The summed E-state index contributed by atoms with van der Waals surface area (Å²) in [5.74, 6) is -0.280. The van der Waals surface area contributed by atoms with Gasteiger partial charge in [0.05, 0.1) is 0 Å². The van der Waals surface area contributed by atoms with Crippen molar-refractivity contribution in [3.8, 4) is 0 Å². The van der Waals surface area contributed by atoms with Gasteiger partial charge in [-0.2, -0.15) is 0 Å². The maximum absolute atomic E-state index is 12.7. The van der Waals surface area contributed by atoms with E-state index < -0.39 is 5.54 Å². The second kappa shape index (κ2) is 10.0. The molecule has 150 valence electrons. The molecule has 0 saturated heterocycles. The number of amides is 2. The molecule has 5 nitrogen and oxygen atoms in total. The molecule has 0 unspecified atom stereocenters. The van der Waals surface area contributed by atoms with Crippen molar-refractivity contribution in [2.75, 3.05) is 6.54 Å². The number of nitrogens with one attached hydrogen (secondary N) is 2. The van der Waals surface area contributed by atoms with E-state index in [-0.39, 0.29) is 30.4 Å². The zero-order chi connectivity index (χ0) is 19.9. The van der Waals surface area contributed by atoms with Crippen molar-refractivity contribution in [1.29, 1.82) is 0 Å². The fraction of sp³-hybridized carbons (Fsp3) is 0.667. The van der Waals surface area contributed by atoms with E-state index in [2.05, 4.69) is 17.6 Å². The SMILES string of the molecule is CCCCNC(=O)C1(NC(=O)CCC(=O)c2cc(C)sc2C)CCCCC1. The van der Waals surface area contributed by atoms with Gasteiger partial charge in [-0.1, -0.05) is 32.6 Å². The quantitative estimate of drug-likeness (QED) is 0.491. The summed E-state index contributed by atoms with van der Waals surface area (Å²) in [7, 11) is 0. The molecule has 0 aromatic carbocycles. The van der Waals surface area contributed by atoms with Crippen LogP contribution in [-0.4, -0.2) is 29.7 Å². The predicted molar refractivity (Wildman–Crippen MR) is 109 cm³/mol. The van der Waals surface area contributed by atoms with Gasteiger partial charge in [-0.25, -0.2) is 0 Å². The van der Waals surface area contributed by atoms with Gasteiger partial charge in [0.15, 0.2) is 5.78 Å². The summed E-state index contributed by atoms with van der Waals surface area (Å²) >= 11 is 1.60. The Hall–Kier alpha value is -1.69. The Morgan fingerprint density at radius 1 is 1.11 bits per heavy atom. The number of unbranched alkanes of at least 4 members (excludes halogenated alkanes) is 1. The Morgan fingerprint density at radius 3 is 2.41 bits per heavy atom. The molecule has 1 fully saturated rings. The molecule has 1 aromatic rings. The number of ketones is 1. The Kier molecular flexibility index (Phi) is 8.02. The largest absolute Gasteiger partial charge is 0.354 e. The Labute approximate surface area is 166 Å². The van der Waals surface area contributed by atoms with Crippen LogP contribution in [0.25, 0.3) is 0 Å². The van der Waals surface area contributed by atoms with Crippen LogP contribution in [0.3, 0.4) is 0 Å². The molecular weight excluding hydrogens is 360 g/mol. The number of hydrogen-bond acceptors (Lipinski definition) is 4. The van der Waals surface area contributed by atoms with Gasteiger partial charge in [-0.05, 0) is 39.2 Å². The second-order valence-corrected chi connectivity index (χ2v) is 9.01. The molecule has 0 radical (unpaired) electrons. The van der Waals surface area contributed by atoms with Gasteiger partial charge in [0.2, 0.25) is 11.8 Å². The Balaban J connectivity index is 1.94. The van der Waals surface area contributed by atoms with Crippen LogP contribution in [0, 0.1) is 13.8 Å². The third-order valence-electron chi connectivity index (χ3n) is 5.26. The molecule has 0 aliphatic heterocycles. The fourth-order valence-electron chi connectivity index (χ4n) is 3.71. The van der Waals surface area contributed by atoms with Crippen LogP contribution in [-0.2, 0) is 9.59 Å². The van der Waals surface area contributed by atoms with Crippen LogP contribution >= 0.6 is 11.3 Å². The van der Waals surface area contributed by atoms with Crippen molar-refractivity contribution in [3.05, 3.63) is 21.4 Å². The van der Waals surface area contributed by atoms with Crippen LogP contribution in [0.1, 0.15) is 84.8 Å². The number of Topliss-reactive ketones (excluding diaryl/α,β-unsaturated/α-hetero) is 1. The first-order valence-corrected chi connectivity index (χ1v) is 10.9. The molecule has 0 atom stereocenters. The number of aryl methyl sites for hydroxylation is 2. The number of rotatable bonds is 9. The maximum atomic E-state index is 12.7. The van der Waals surface area contributed by atoms with E-state index in [4.69, 9.17) is 0 Å². The molecule has 6 heteroatoms. The molecule has 2 amide bonds. The lowest BCUT2D eigenvalue weighted by atomic mass is 9.80. The third-order valence-corrected chi connectivity index (χ3v) is 6.22.